The number of rotatable bonds is 3. The van der Waals surface area contributed by atoms with Crippen molar-refractivity contribution in [1.82, 2.24) is 15.0 Å². The summed E-state index contributed by atoms with van der Waals surface area (Å²) < 4.78 is 5.33. The van der Waals surface area contributed by atoms with Gasteiger partial charge >= 0.3 is 0 Å². The van der Waals surface area contributed by atoms with Gasteiger partial charge in [0.05, 0.1) is 17.7 Å². The molecule has 1 aliphatic heterocycles. The van der Waals surface area contributed by atoms with Gasteiger partial charge in [-0.25, -0.2) is 0 Å². The standard InChI is InChI=1S/C20H29N3O2/c1-14-6-18(25-21-14)13-22-2-4-23(5-3-22)19(24)20-10-15-7-16(11-20)9-17(8-15)12-20/h6,15-17H,2-5,7-13H2,1H3. The average Bonchev–Trinajstić information content (AvgIpc) is 2.98. The molecule has 0 N–H and O–H groups in total. The Hall–Kier alpha value is -1.36. The van der Waals surface area contributed by atoms with Crippen LogP contribution in [0.1, 0.15) is 50.0 Å². The SMILES string of the molecule is Cc1cc(CN2CCN(C(=O)C34CC5CC(CC(C5)C3)C4)CC2)on1. The summed E-state index contributed by atoms with van der Waals surface area (Å²) in [4.78, 5) is 18.0. The smallest absolute Gasteiger partial charge is 0.228 e. The fraction of sp³-hybridized carbons (Fsp3) is 0.800. The molecule has 0 aromatic carbocycles. The quantitative estimate of drug-likeness (QED) is 0.847. The predicted molar refractivity (Wildman–Crippen MR) is 93.7 cm³/mol. The van der Waals surface area contributed by atoms with E-state index in [1.54, 1.807) is 0 Å². The van der Waals surface area contributed by atoms with E-state index in [0.717, 1.165) is 61.9 Å². The van der Waals surface area contributed by atoms with Gasteiger partial charge in [0.2, 0.25) is 5.91 Å². The van der Waals surface area contributed by atoms with Gasteiger partial charge in [-0.2, -0.15) is 0 Å². The summed E-state index contributed by atoms with van der Waals surface area (Å²) in [6.07, 6.45) is 7.73. The van der Waals surface area contributed by atoms with E-state index in [1.165, 1.54) is 38.5 Å². The molecule has 5 heteroatoms. The third kappa shape index (κ3) is 2.80. The van der Waals surface area contributed by atoms with Crippen LogP contribution in [0.25, 0.3) is 0 Å². The summed E-state index contributed by atoms with van der Waals surface area (Å²) >= 11 is 0. The van der Waals surface area contributed by atoms with Crippen molar-refractivity contribution in [2.75, 3.05) is 26.2 Å². The van der Waals surface area contributed by atoms with Crippen LogP contribution in [0.4, 0.5) is 0 Å². The predicted octanol–water partition coefficient (Wildman–Crippen LogP) is 2.84. The molecule has 6 rings (SSSR count). The molecular weight excluding hydrogens is 314 g/mol. The van der Waals surface area contributed by atoms with E-state index >= 15 is 0 Å². The molecule has 0 radical (unpaired) electrons. The van der Waals surface area contributed by atoms with Crippen molar-refractivity contribution in [3.05, 3.63) is 17.5 Å². The second-order valence-electron chi connectivity index (χ2n) is 9.20. The zero-order valence-electron chi connectivity index (χ0n) is 15.2. The third-order valence-corrected chi connectivity index (χ3v) is 7.21. The van der Waals surface area contributed by atoms with Crippen molar-refractivity contribution in [2.45, 2.75) is 52.0 Å². The minimum atomic E-state index is 0.0129. The molecule has 4 bridgehead atoms. The van der Waals surface area contributed by atoms with E-state index < -0.39 is 0 Å². The van der Waals surface area contributed by atoms with Crippen molar-refractivity contribution < 1.29 is 9.32 Å². The van der Waals surface area contributed by atoms with Crippen LogP contribution in [0.2, 0.25) is 0 Å². The Morgan fingerprint density at radius 1 is 1.12 bits per heavy atom. The minimum absolute atomic E-state index is 0.0129. The van der Waals surface area contributed by atoms with Gasteiger partial charge in [-0.05, 0) is 63.2 Å². The number of amides is 1. The number of aryl methyl sites for hydroxylation is 1. The second kappa shape index (κ2) is 5.83. The number of carbonyl (C=O) groups is 1. The molecule has 1 aromatic heterocycles. The first-order valence-corrected chi connectivity index (χ1v) is 10.0. The first-order valence-electron chi connectivity index (χ1n) is 10.0. The Bertz CT molecular complexity index is 624. The summed E-state index contributed by atoms with van der Waals surface area (Å²) in [5.41, 5.74) is 0.949. The Kier molecular flexibility index (Phi) is 3.70. The fourth-order valence-electron chi connectivity index (χ4n) is 6.53. The maximum absolute atomic E-state index is 13.4. The molecule has 1 aromatic rings. The second-order valence-corrected chi connectivity index (χ2v) is 9.20. The molecular formula is C20H29N3O2. The molecule has 5 fully saturated rings. The first kappa shape index (κ1) is 15.9. The van der Waals surface area contributed by atoms with E-state index in [9.17, 15) is 4.79 Å². The zero-order valence-corrected chi connectivity index (χ0v) is 15.2. The topological polar surface area (TPSA) is 49.6 Å². The van der Waals surface area contributed by atoms with Crippen molar-refractivity contribution in [3.8, 4) is 0 Å². The van der Waals surface area contributed by atoms with Crippen LogP contribution in [0.15, 0.2) is 10.6 Å². The molecule has 4 aliphatic carbocycles. The van der Waals surface area contributed by atoms with E-state index in [2.05, 4.69) is 15.0 Å². The summed E-state index contributed by atoms with van der Waals surface area (Å²) in [6.45, 7) is 6.38. The average molecular weight is 343 g/mol. The Labute approximate surface area is 149 Å². The maximum Gasteiger partial charge on any atom is 0.228 e. The lowest BCUT2D eigenvalue weighted by molar-refractivity contribution is -0.159. The fourth-order valence-corrected chi connectivity index (χ4v) is 6.53. The molecule has 25 heavy (non-hydrogen) atoms. The Morgan fingerprint density at radius 3 is 2.24 bits per heavy atom. The lowest BCUT2D eigenvalue weighted by atomic mass is 9.49. The van der Waals surface area contributed by atoms with Crippen molar-refractivity contribution >= 4 is 5.91 Å². The number of aromatic nitrogens is 1. The molecule has 2 heterocycles. The molecule has 136 valence electrons. The molecule has 0 spiro atoms. The van der Waals surface area contributed by atoms with Crippen LogP contribution in [0.5, 0.6) is 0 Å². The van der Waals surface area contributed by atoms with E-state index in [1.807, 2.05) is 13.0 Å². The van der Waals surface area contributed by atoms with Gasteiger partial charge in [0, 0.05) is 32.2 Å². The van der Waals surface area contributed by atoms with Crippen LogP contribution >= 0.6 is 0 Å². The lowest BCUT2D eigenvalue weighted by Crippen LogP contribution is -2.58. The molecule has 4 saturated carbocycles. The van der Waals surface area contributed by atoms with Crippen molar-refractivity contribution in [1.29, 1.82) is 0 Å². The molecule has 5 nitrogen and oxygen atoms in total. The summed E-state index contributed by atoms with van der Waals surface area (Å²) in [7, 11) is 0. The van der Waals surface area contributed by atoms with Crippen LogP contribution in [-0.4, -0.2) is 47.0 Å². The summed E-state index contributed by atoms with van der Waals surface area (Å²) in [5, 5.41) is 3.97. The maximum atomic E-state index is 13.4. The van der Waals surface area contributed by atoms with E-state index in [4.69, 9.17) is 4.52 Å². The van der Waals surface area contributed by atoms with Crippen LogP contribution < -0.4 is 0 Å². The molecule has 0 atom stereocenters. The summed E-state index contributed by atoms with van der Waals surface area (Å²) in [5.74, 6) is 3.93. The van der Waals surface area contributed by atoms with Gasteiger partial charge in [0.1, 0.15) is 0 Å². The zero-order chi connectivity index (χ0) is 17.0. The monoisotopic (exact) mass is 343 g/mol. The Balaban J connectivity index is 1.21. The number of nitrogens with zero attached hydrogens (tertiary/aromatic N) is 3. The summed E-state index contributed by atoms with van der Waals surface area (Å²) in [6, 6.07) is 2.01. The molecule has 5 aliphatic rings. The van der Waals surface area contributed by atoms with Crippen LogP contribution in [0, 0.1) is 30.1 Å². The molecule has 0 unspecified atom stereocenters. The Morgan fingerprint density at radius 2 is 1.72 bits per heavy atom. The van der Waals surface area contributed by atoms with Gasteiger partial charge in [0.25, 0.3) is 0 Å². The van der Waals surface area contributed by atoms with Gasteiger partial charge in [-0.3, -0.25) is 9.69 Å². The van der Waals surface area contributed by atoms with Crippen LogP contribution in [-0.2, 0) is 11.3 Å². The normalized spacial score (nSPS) is 37.6. The van der Waals surface area contributed by atoms with E-state index in [-0.39, 0.29) is 5.41 Å². The van der Waals surface area contributed by atoms with Crippen molar-refractivity contribution in [2.24, 2.45) is 23.2 Å². The molecule has 1 saturated heterocycles. The van der Waals surface area contributed by atoms with Gasteiger partial charge < -0.3 is 9.42 Å². The van der Waals surface area contributed by atoms with Gasteiger partial charge in [0.15, 0.2) is 5.76 Å². The third-order valence-electron chi connectivity index (χ3n) is 7.21. The largest absolute Gasteiger partial charge is 0.360 e. The highest BCUT2D eigenvalue weighted by molar-refractivity contribution is 5.83. The lowest BCUT2D eigenvalue weighted by Gasteiger charge is -2.57. The highest BCUT2D eigenvalue weighted by Crippen LogP contribution is 2.60. The highest BCUT2D eigenvalue weighted by Gasteiger charge is 2.55. The number of carbonyl (C=O) groups excluding carboxylic acids is 1. The van der Waals surface area contributed by atoms with Crippen molar-refractivity contribution in [3.63, 3.8) is 0 Å². The number of piperazine rings is 1. The van der Waals surface area contributed by atoms with Gasteiger partial charge in [-0.15, -0.1) is 0 Å². The minimum Gasteiger partial charge on any atom is -0.360 e. The highest BCUT2D eigenvalue weighted by atomic mass is 16.5. The van der Waals surface area contributed by atoms with E-state index in [0.29, 0.717) is 5.91 Å². The first-order chi connectivity index (χ1) is 12.1. The number of hydrogen-bond donors (Lipinski definition) is 0. The number of hydrogen-bond acceptors (Lipinski definition) is 4. The molecule has 1 amide bonds. The van der Waals surface area contributed by atoms with Gasteiger partial charge in [-0.1, -0.05) is 5.16 Å². The van der Waals surface area contributed by atoms with Crippen LogP contribution in [0.3, 0.4) is 0 Å².